The Hall–Kier alpha value is -0.610. The summed E-state index contributed by atoms with van der Waals surface area (Å²) in [6.07, 6.45) is 4.92. The SMILES string of the molecule is CCCNC(=O)CNC1CC(C)N(C2CC2)C1. The zero-order valence-electron chi connectivity index (χ0n) is 11.0. The van der Waals surface area contributed by atoms with Crippen LogP contribution in [0.1, 0.15) is 39.5 Å². The lowest BCUT2D eigenvalue weighted by Crippen LogP contribution is -2.40. The Kier molecular flexibility index (Phi) is 4.40. The average Bonchev–Trinajstić information content (AvgIpc) is 3.08. The molecule has 4 nitrogen and oxygen atoms in total. The molecular formula is C13H25N3O. The highest BCUT2D eigenvalue weighted by molar-refractivity contribution is 5.77. The van der Waals surface area contributed by atoms with Crippen LogP contribution >= 0.6 is 0 Å². The van der Waals surface area contributed by atoms with Crippen molar-refractivity contribution in [2.45, 2.75) is 57.7 Å². The van der Waals surface area contributed by atoms with Crippen LogP contribution in [0.25, 0.3) is 0 Å². The second kappa shape index (κ2) is 5.83. The molecule has 1 aliphatic carbocycles. The standard InChI is InChI=1S/C13H25N3O/c1-3-6-14-13(17)8-15-11-7-10(2)16(9-11)12-4-5-12/h10-12,15H,3-9H2,1-2H3,(H,14,17). The number of carbonyl (C=O) groups excluding carboxylic acids is 1. The van der Waals surface area contributed by atoms with E-state index in [1.54, 1.807) is 0 Å². The number of carbonyl (C=O) groups is 1. The Balaban J connectivity index is 1.65. The monoisotopic (exact) mass is 239 g/mol. The van der Waals surface area contributed by atoms with Crippen LogP contribution in [0.4, 0.5) is 0 Å². The number of hydrogen-bond acceptors (Lipinski definition) is 3. The highest BCUT2D eigenvalue weighted by atomic mass is 16.1. The predicted octanol–water partition coefficient (Wildman–Crippen LogP) is 0.727. The normalized spacial score (nSPS) is 29.5. The van der Waals surface area contributed by atoms with Crippen molar-refractivity contribution >= 4 is 5.91 Å². The summed E-state index contributed by atoms with van der Waals surface area (Å²) in [6.45, 7) is 6.75. The summed E-state index contributed by atoms with van der Waals surface area (Å²) in [6, 6.07) is 2.02. The molecule has 2 unspecified atom stereocenters. The Morgan fingerprint density at radius 1 is 1.41 bits per heavy atom. The number of amides is 1. The van der Waals surface area contributed by atoms with Gasteiger partial charge in [-0.1, -0.05) is 6.92 Å². The van der Waals surface area contributed by atoms with Crippen LogP contribution in [0.3, 0.4) is 0 Å². The van der Waals surface area contributed by atoms with Gasteiger partial charge in [-0.05, 0) is 32.6 Å². The Morgan fingerprint density at radius 2 is 2.18 bits per heavy atom. The molecule has 1 heterocycles. The molecule has 0 bridgehead atoms. The van der Waals surface area contributed by atoms with Gasteiger partial charge in [0.05, 0.1) is 6.54 Å². The van der Waals surface area contributed by atoms with Crippen LogP contribution in [0, 0.1) is 0 Å². The molecule has 2 atom stereocenters. The second-order valence-corrected chi connectivity index (χ2v) is 5.44. The summed E-state index contributed by atoms with van der Waals surface area (Å²) in [4.78, 5) is 14.1. The van der Waals surface area contributed by atoms with Crippen molar-refractivity contribution in [2.75, 3.05) is 19.6 Å². The van der Waals surface area contributed by atoms with E-state index in [0.717, 1.165) is 25.6 Å². The minimum absolute atomic E-state index is 0.129. The molecule has 0 spiro atoms. The van der Waals surface area contributed by atoms with E-state index in [0.29, 0.717) is 18.6 Å². The van der Waals surface area contributed by atoms with E-state index in [9.17, 15) is 4.79 Å². The van der Waals surface area contributed by atoms with E-state index in [1.165, 1.54) is 19.3 Å². The smallest absolute Gasteiger partial charge is 0.233 e. The van der Waals surface area contributed by atoms with Crippen LogP contribution < -0.4 is 10.6 Å². The van der Waals surface area contributed by atoms with Gasteiger partial charge in [0.15, 0.2) is 0 Å². The van der Waals surface area contributed by atoms with Crippen molar-refractivity contribution < 1.29 is 4.79 Å². The molecule has 2 N–H and O–H groups in total. The maximum atomic E-state index is 11.5. The van der Waals surface area contributed by atoms with Gasteiger partial charge in [-0.3, -0.25) is 9.69 Å². The highest BCUT2D eigenvalue weighted by Crippen LogP contribution is 2.33. The third kappa shape index (κ3) is 3.68. The molecule has 1 amide bonds. The molecule has 98 valence electrons. The average molecular weight is 239 g/mol. The molecule has 0 radical (unpaired) electrons. The first-order valence-electron chi connectivity index (χ1n) is 6.96. The molecular weight excluding hydrogens is 214 g/mol. The molecule has 0 aromatic rings. The molecule has 2 rings (SSSR count). The number of nitrogens with zero attached hydrogens (tertiary/aromatic N) is 1. The van der Waals surface area contributed by atoms with Crippen LogP contribution in [0.15, 0.2) is 0 Å². The largest absolute Gasteiger partial charge is 0.355 e. The van der Waals surface area contributed by atoms with Crippen molar-refractivity contribution in [3.8, 4) is 0 Å². The van der Waals surface area contributed by atoms with Crippen molar-refractivity contribution in [1.82, 2.24) is 15.5 Å². The van der Waals surface area contributed by atoms with E-state index in [-0.39, 0.29) is 5.91 Å². The Morgan fingerprint density at radius 3 is 2.82 bits per heavy atom. The first-order valence-corrected chi connectivity index (χ1v) is 6.96. The number of hydrogen-bond donors (Lipinski definition) is 2. The molecule has 0 aromatic carbocycles. The third-order valence-corrected chi connectivity index (χ3v) is 3.76. The summed E-state index contributed by atoms with van der Waals surface area (Å²) in [5, 5.41) is 6.28. The first kappa shape index (κ1) is 12.8. The fourth-order valence-corrected chi connectivity index (χ4v) is 2.68. The molecule has 1 aliphatic heterocycles. The third-order valence-electron chi connectivity index (χ3n) is 3.76. The van der Waals surface area contributed by atoms with E-state index in [4.69, 9.17) is 0 Å². The van der Waals surface area contributed by atoms with Gasteiger partial charge in [-0.25, -0.2) is 0 Å². The fraction of sp³-hybridized carbons (Fsp3) is 0.923. The molecule has 2 fully saturated rings. The zero-order chi connectivity index (χ0) is 12.3. The van der Waals surface area contributed by atoms with Crippen molar-refractivity contribution in [3.05, 3.63) is 0 Å². The van der Waals surface area contributed by atoms with Gasteiger partial charge in [0, 0.05) is 31.2 Å². The van der Waals surface area contributed by atoms with E-state index in [1.807, 2.05) is 0 Å². The quantitative estimate of drug-likeness (QED) is 0.718. The zero-order valence-corrected chi connectivity index (χ0v) is 11.0. The van der Waals surface area contributed by atoms with E-state index in [2.05, 4.69) is 29.4 Å². The minimum atomic E-state index is 0.129. The lowest BCUT2D eigenvalue weighted by Gasteiger charge is -2.19. The Labute approximate surface area is 104 Å². The van der Waals surface area contributed by atoms with Crippen LogP contribution in [-0.4, -0.2) is 48.6 Å². The Bertz CT molecular complexity index is 265. The van der Waals surface area contributed by atoms with Gasteiger partial charge in [-0.15, -0.1) is 0 Å². The summed E-state index contributed by atoms with van der Waals surface area (Å²) >= 11 is 0. The van der Waals surface area contributed by atoms with Crippen LogP contribution in [-0.2, 0) is 4.79 Å². The lowest BCUT2D eigenvalue weighted by molar-refractivity contribution is -0.120. The van der Waals surface area contributed by atoms with Crippen molar-refractivity contribution in [2.24, 2.45) is 0 Å². The number of nitrogens with one attached hydrogen (secondary N) is 2. The van der Waals surface area contributed by atoms with Crippen LogP contribution in [0.5, 0.6) is 0 Å². The van der Waals surface area contributed by atoms with E-state index < -0.39 is 0 Å². The van der Waals surface area contributed by atoms with Gasteiger partial charge < -0.3 is 10.6 Å². The van der Waals surface area contributed by atoms with Gasteiger partial charge in [0.25, 0.3) is 0 Å². The molecule has 1 saturated heterocycles. The predicted molar refractivity (Wildman–Crippen MR) is 68.9 cm³/mol. The van der Waals surface area contributed by atoms with Gasteiger partial charge in [0.2, 0.25) is 5.91 Å². The molecule has 1 saturated carbocycles. The molecule has 2 aliphatic rings. The summed E-state index contributed by atoms with van der Waals surface area (Å²) in [5.74, 6) is 0.129. The minimum Gasteiger partial charge on any atom is -0.355 e. The molecule has 17 heavy (non-hydrogen) atoms. The summed E-state index contributed by atoms with van der Waals surface area (Å²) < 4.78 is 0. The summed E-state index contributed by atoms with van der Waals surface area (Å²) in [7, 11) is 0. The second-order valence-electron chi connectivity index (χ2n) is 5.44. The van der Waals surface area contributed by atoms with E-state index >= 15 is 0 Å². The lowest BCUT2D eigenvalue weighted by atomic mass is 10.2. The molecule has 0 aromatic heterocycles. The highest BCUT2D eigenvalue weighted by Gasteiger charge is 2.38. The van der Waals surface area contributed by atoms with Crippen molar-refractivity contribution in [1.29, 1.82) is 0 Å². The van der Waals surface area contributed by atoms with Crippen LogP contribution in [0.2, 0.25) is 0 Å². The fourth-order valence-electron chi connectivity index (χ4n) is 2.68. The van der Waals surface area contributed by atoms with Gasteiger partial charge >= 0.3 is 0 Å². The topological polar surface area (TPSA) is 44.4 Å². The summed E-state index contributed by atoms with van der Waals surface area (Å²) in [5.41, 5.74) is 0. The number of rotatable bonds is 6. The van der Waals surface area contributed by atoms with Gasteiger partial charge in [-0.2, -0.15) is 0 Å². The first-order chi connectivity index (χ1) is 8.20. The maximum absolute atomic E-state index is 11.5. The maximum Gasteiger partial charge on any atom is 0.233 e. The van der Waals surface area contributed by atoms with Gasteiger partial charge in [0.1, 0.15) is 0 Å². The van der Waals surface area contributed by atoms with Crippen molar-refractivity contribution in [3.63, 3.8) is 0 Å². The molecule has 4 heteroatoms. The number of likely N-dealkylation sites (tertiary alicyclic amines) is 1.